The summed E-state index contributed by atoms with van der Waals surface area (Å²) >= 11 is 0. The maximum absolute atomic E-state index is 5.46. The summed E-state index contributed by atoms with van der Waals surface area (Å²) in [6.07, 6.45) is 1.000. The van der Waals surface area contributed by atoms with Crippen LogP contribution in [0.4, 0.5) is 0 Å². The average Bonchev–Trinajstić information content (AvgIpc) is 2.60. The van der Waals surface area contributed by atoms with E-state index < -0.39 is 0 Å². The van der Waals surface area contributed by atoms with E-state index in [0.717, 1.165) is 51.8 Å². The van der Waals surface area contributed by atoms with E-state index in [9.17, 15) is 0 Å². The molecule has 1 aliphatic heterocycles. The lowest BCUT2D eigenvalue weighted by Crippen LogP contribution is -2.56. The van der Waals surface area contributed by atoms with Crippen LogP contribution in [0.15, 0.2) is 23.2 Å². The number of aliphatic imine (C=N–C) groups is 1. The lowest BCUT2D eigenvalue weighted by molar-refractivity contribution is -0.00833. The van der Waals surface area contributed by atoms with Gasteiger partial charge in [0.05, 0.1) is 13.2 Å². The number of nitrogens with zero attached hydrogens (tertiary/aromatic N) is 2. The highest BCUT2D eigenvalue weighted by molar-refractivity contribution is 5.79. The van der Waals surface area contributed by atoms with Crippen LogP contribution in [0, 0.1) is 13.8 Å². The Bertz CT molecular complexity index is 577. The normalized spacial score (nSPS) is 16.8. The standard InChI is InChI=1S/C20H34N4O/c1-16-6-7-18(17(2)14-16)8-9-22-19(21-5)23-15-20(3,4)24-10-12-25-13-11-24/h6-7,14H,8-13,15H2,1-5H3,(H2,21,22,23). The zero-order chi connectivity index (χ0) is 18.3. The first-order valence-corrected chi connectivity index (χ1v) is 9.26. The molecule has 140 valence electrons. The fourth-order valence-electron chi connectivity index (χ4n) is 3.24. The van der Waals surface area contributed by atoms with E-state index in [1.165, 1.54) is 16.7 Å². The van der Waals surface area contributed by atoms with E-state index in [0.29, 0.717) is 0 Å². The van der Waals surface area contributed by atoms with Crippen molar-refractivity contribution in [3.05, 3.63) is 34.9 Å². The Morgan fingerprint density at radius 2 is 1.92 bits per heavy atom. The van der Waals surface area contributed by atoms with Gasteiger partial charge >= 0.3 is 0 Å². The van der Waals surface area contributed by atoms with Crippen LogP contribution in [-0.4, -0.2) is 62.8 Å². The van der Waals surface area contributed by atoms with Crippen molar-refractivity contribution >= 4 is 5.96 Å². The van der Waals surface area contributed by atoms with Gasteiger partial charge in [0, 0.05) is 38.8 Å². The first-order chi connectivity index (χ1) is 11.9. The van der Waals surface area contributed by atoms with Gasteiger partial charge in [0.25, 0.3) is 0 Å². The van der Waals surface area contributed by atoms with Crippen LogP contribution in [0.5, 0.6) is 0 Å². The van der Waals surface area contributed by atoms with Crippen molar-refractivity contribution in [1.29, 1.82) is 0 Å². The van der Waals surface area contributed by atoms with Crippen LogP contribution in [0.1, 0.15) is 30.5 Å². The van der Waals surface area contributed by atoms with Gasteiger partial charge in [0.2, 0.25) is 0 Å². The third-order valence-corrected chi connectivity index (χ3v) is 4.96. The third kappa shape index (κ3) is 6.01. The fourth-order valence-corrected chi connectivity index (χ4v) is 3.24. The molecule has 0 spiro atoms. The molecule has 0 aliphatic carbocycles. The molecule has 2 N–H and O–H groups in total. The predicted octanol–water partition coefficient (Wildman–Crippen LogP) is 2.12. The Morgan fingerprint density at radius 1 is 1.20 bits per heavy atom. The molecule has 1 saturated heterocycles. The van der Waals surface area contributed by atoms with E-state index >= 15 is 0 Å². The average molecular weight is 347 g/mol. The summed E-state index contributed by atoms with van der Waals surface area (Å²) in [7, 11) is 1.83. The van der Waals surface area contributed by atoms with E-state index in [2.05, 4.69) is 66.4 Å². The number of nitrogens with one attached hydrogen (secondary N) is 2. The van der Waals surface area contributed by atoms with Gasteiger partial charge < -0.3 is 15.4 Å². The second-order valence-electron chi connectivity index (χ2n) is 7.44. The van der Waals surface area contributed by atoms with E-state index in [1.807, 2.05) is 7.05 Å². The summed E-state index contributed by atoms with van der Waals surface area (Å²) in [5.74, 6) is 0.867. The highest BCUT2D eigenvalue weighted by atomic mass is 16.5. The van der Waals surface area contributed by atoms with Crippen molar-refractivity contribution in [2.24, 2.45) is 4.99 Å². The van der Waals surface area contributed by atoms with Crippen LogP contribution in [0.2, 0.25) is 0 Å². The van der Waals surface area contributed by atoms with Crippen LogP contribution >= 0.6 is 0 Å². The summed E-state index contributed by atoms with van der Waals surface area (Å²) in [6, 6.07) is 6.65. The van der Waals surface area contributed by atoms with E-state index in [-0.39, 0.29) is 5.54 Å². The molecule has 0 atom stereocenters. The zero-order valence-corrected chi connectivity index (χ0v) is 16.5. The highest BCUT2D eigenvalue weighted by Crippen LogP contribution is 2.15. The van der Waals surface area contributed by atoms with Crippen LogP contribution in [0.25, 0.3) is 0 Å². The third-order valence-electron chi connectivity index (χ3n) is 4.96. The second kappa shape index (κ2) is 9.20. The summed E-state index contributed by atoms with van der Waals surface area (Å²) in [4.78, 5) is 6.83. The van der Waals surface area contributed by atoms with Crippen molar-refractivity contribution in [3.8, 4) is 0 Å². The molecule has 25 heavy (non-hydrogen) atoms. The van der Waals surface area contributed by atoms with Gasteiger partial charge in [0.1, 0.15) is 0 Å². The number of rotatable bonds is 6. The highest BCUT2D eigenvalue weighted by Gasteiger charge is 2.28. The number of morpholine rings is 1. The molecule has 0 unspecified atom stereocenters. The topological polar surface area (TPSA) is 48.9 Å². The molecule has 0 saturated carbocycles. The molecule has 0 radical (unpaired) electrons. The summed E-state index contributed by atoms with van der Waals surface area (Å²) < 4.78 is 5.46. The Morgan fingerprint density at radius 3 is 2.56 bits per heavy atom. The van der Waals surface area contributed by atoms with Gasteiger partial charge in [-0.15, -0.1) is 0 Å². The number of hydrogen-bond donors (Lipinski definition) is 2. The summed E-state index contributed by atoms with van der Waals surface area (Å²) in [6.45, 7) is 14.2. The maximum Gasteiger partial charge on any atom is 0.191 e. The van der Waals surface area contributed by atoms with Gasteiger partial charge in [-0.2, -0.15) is 0 Å². The predicted molar refractivity (Wildman–Crippen MR) is 105 cm³/mol. The minimum absolute atomic E-state index is 0.0783. The molecule has 0 aromatic heterocycles. The van der Waals surface area contributed by atoms with Gasteiger partial charge in [-0.3, -0.25) is 9.89 Å². The Labute approximate surface area is 152 Å². The van der Waals surface area contributed by atoms with Gasteiger partial charge in [-0.1, -0.05) is 23.8 Å². The number of guanidine groups is 1. The lowest BCUT2D eigenvalue weighted by atomic mass is 10.0. The van der Waals surface area contributed by atoms with Crippen molar-refractivity contribution in [1.82, 2.24) is 15.5 Å². The van der Waals surface area contributed by atoms with Crippen molar-refractivity contribution in [3.63, 3.8) is 0 Å². The van der Waals surface area contributed by atoms with Gasteiger partial charge in [0.15, 0.2) is 5.96 Å². The Hall–Kier alpha value is -1.59. The lowest BCUT2D eigenvalue weighted by Gasteiger charge is -2.41. The van der Waals surface area contributed by atoms with Crippen molar-refractivity contribution < 1.29 is 4.74 Å². The molecule has 1 heterocycles. The molecule has 1 aliphatic rings. The monoisotopic (exact) mass is 346 g/mol. The van der Waals surface area contributed by atoms with Crippen LogP contribution in [-0.2, 0) is 11.2 Å². The van der Waals surface area contributed by atoms with Crippen molar-refractivity contribution in [2.75, 3.05) is 46.4 Å². The molecule has 0 amide bonds. The first-order valence-electron chi connectivity index (χ1n) is 9.26. The molecule has 0 bridgehead atoms. The van der Waals surface area contributed by atoms with Crippen LogP contribution < -0.4 is 10.6 Å². The number of hydrogen-bond acceptors (Lipinski definition) is 3. The zero-order valence-electron chi connectivity index (χ0n) is 16.5. The Kier molecular flexibility index (Phi) is 7.26. The number of benzene rings is 1. The Balaban J connectivity index is 1.78. The molecule has 1 aromatic carbocycles. The summed E-state index contributed by atoms with van der Waals surface area (Å²) in [5.41, 5.74) is 4.15. The first kappa shape index (κ1) is 19.7. The molecular weight excluding hydrogens is 312 g/mol. The van der Waals surface area contributed by atoms with E-state index in [1.54, 1.807) is 0 Å². The van der Waals surface area contributed by atoms with Crippen molar-refractivity contribution in [2.45, 2.75) is 39.7 Å². The maximum atomic E-state index is 5.46. The molecular formula is C20H34N4O. The van der Waals surface area contributed by atoms with E-state index in [4.69, 9.17) is 4.74 Å². The molecule has 1 aromatic rings. The van der Waals surface area contributed by atoms with Gasteiger partial charge in [-0.05, 0) is 45.2 Å². The smallest absolute Gasteiger partial charge is 0.191 e. The fraction of sp³-hybridized carbons (Fsp3) is 0.650. The van der Waals surface area contributed by atoms with Crippen LogP contribution in [0.3, 0.4) is 0 Å². The minimum Gasteiger partial charge on any atom is -0.379 e. The SMILES string of the molecule is CN=C(NCCc1ccc(C)cc1C)NCC(C)(C)N1CCOCC1. The number of aryl methyl sites for hydroxylation is 2. The second-order valence-corrected chi connectivity index (χ2v) is 7.44. The largest absolute Gasteiger partial charge is 0.379 e. The molecule has 5 nitrogen and oxygen atoms in total. The number of ether oxygens (including phenoxy) is 1. The quantitative estimate of drug-likeness (QED) is 0.612. The summed E-state index contributed by atoms with van der Waals surface area (Å²) in [5, 5.41) is 6.90. The molecule has 1 fully saturated rings. The van der Waals surface area contributed by atoms with Gasteiger partial charge in [-0.25, -0.2) is 0 Å². The molecule has 5 heteroatoms. The molecule has 2 rings (SSSR count). The minimum atomic E-state index is 0.0783.